The zero-order chi connectivity index (χ0) is 24.3. The zero-order valence-corrected chi connectivity index (χ0v) is 18.6. The molecule has 172 valence electrons. The number of nitrogens with one attached hydrogen (secondary N) is 1. The number of amides is 3. The van der Waals surface area contributed by atoms with Crippen molar-refractivity contribution in [2.24, 2.45) is 0 Å². The lowest BCUT2D eigenvalue weighted by Gasteiger charge is -2.13. The molecular formula is C20H16FN3O7S2. The number of carbonyl (C=O) groups excluding carboxylic acids is 3. The van der Waals surface area contributed by atoms with E-state index in [0.717, 1.165) is 29.4 Å². The molecule has 0 unspecified atom stereocenters. The fraction of sp³-hybridized carbons (Fsp3) is 0.150. The van der Waals surface area contributed by atoms with E-state index in [2.05, 4.69) is 5.32 Å². The van der Waals surface area contributed by atoms with Crippen LogP contribution >= 0.6 is 11.8 Å². The molecule has 1 saturated heterocycles. The molecule has 1 fully saturated rings. The number of thioether (sulfide) groups is 1. The summed E-state index contributed by atoms with van der Waals surface area (Å²) in [7, 11) is -3.81. The van der Waals surface area contributed by atoms with Crippen LogP contribution in [0.4, 0.5) is 14.9 Å². The van der Waals surface area contributed by atoms with Crippen LogP contribution < -0.4 is 5.32 Å². The van der Waals surface area contributed by atoms with Gasteiger partial charge < -0.3 is 5.32 Å². The largest absolute Gasteiger partial charge is 0.350 e. The highest BCUT2D eigenvalue weighted by Crippen LogP contribution is 2.32. The first-order valence-corrected chi connectivity index (χ1v) is 11.9. The molecule has 3 amide bonds. The van der Waals surface area contributed by atoms with Gasteiger partial charge in [-0.15, -0.1) is 0 Å². The Balaban J connectivity index is 1.68. The molecule has 33 heavy (non-hydrogen) atoms. The van der Waals surface area contributed by atoms with Crippen molar-refractivity contribution in [1.82, 2.24) is 10.2 Å². The molecule has 0 aromatic heterocycles. The van der Waals surface area contributed by atoms with Crippen molar-refractivity contribution in [2.75, 3.05) is 19.3 Å². The fourth-order valence-corrected chi connectivity index (χ4v) is 4.36. The van der Waals surface area contributed by atoms with E-state index in [1.54, 1.807) is 0 Å². The summed E-state index contributed by atoms with van der Waals surface area (Å²) in [6, 6.07) is 8.11. The second kappa shape index (κ2) is 9.50. The van der Waals surface area contributed by atoms with Gasteiger partial charge in [0, 0.05) is 37.0 Å². The van der Waals surface area contributed by atoms with Gasteiger partial charge in [0.15, 0.2) is 9.84 Å². The Morgan fingerprint density at radius 2 is 1.88 bits per heavy atom. The highest BCUT2D eigenvalue weighted by atomic mass is 32.2. The topological polar surface area (TPSA) is 144 Å². The van der Waals surface area contributed by atoms with Crippen molar-refractivity contribution in [3.05, 3.63) is 74.4 Å². The number of rotatable bonds is 7. The molecule has 0 atom stereocenters. The summed E-state index contributed by atoms with van der Waals surface area (Å²) in [6.07, 6.45) is 2.30. The number of non-ortho nitro benzene ring substituents is 1. The van der Waals surface area contributed by atoms with Crippen LogP contribution in [0.5, 0.6) is 0 Å². The van der Waals surface area contributed by atoms with E-state index >= 15 is 0 Å². The van der Waals surface area contributed by atoms with Crippen molar-refractivity contribution in [3.63, 3.8) is 0 Å². The minimum Gasteiger partial charge on any atom is -0.350 e. The van der Waals surface area contributed by atoms with E-state index in [1.165, 1.54) is 30.3 Å². The van der Waals surface area contributed by atoms with E-state index in [-0.39, 0.29) is 23.6 Å². The lowest BCUT2D eigenvalue weighted by Crippen LogP contribution is -2.37. The highest BCUT2D eigenvalue weighted by Gasteiger charge is 2.34. The van der Waals surface area contributed by atoms with Gasteiger partial charge in [-0.1, -0.05) is 12.1 Å². The van der Waals surface area contributed by atoms with E-state index in [0.29, 0.717) is 17.3 Å². The maximum Gasteiger partial charge on any atom is 0.293 e. The Kier molecular flexibility index (Phi) is 6.93. The van der Waals surface area contributed by atoms with Crippen LogP contribution in [0.15, 0.2) is 52.3 Å². The monoisotopic (exact) mass is 493 g/mol. The smallest absolute Gasteiger partial charge is 0.293 e. The second-order valence-corrected chi connectivity index (χ2v) is 9.89. The summed E-state index contributed by atoms with van der Waals surface area (Å²) in [5.41, 5.74) is -0.294. The Morgan fingerprint density at radius 1 is 1.21 bits per heavy atom. The third-order valence-electron chi connectivity index (χ3n) is 4.45. The van der Waals surface area contributed by atoms with Gasteiger partial charge in [0.2, 0.25) is 0 Å². The lowest BCUT2D eigenvalue weighted by atomic mass is 10.2. The Morgan fingerprint density at radius 3 is 2.48 bits per heavy atom. The molecule has 1 aliphatic rings. The number of hydrogen-bond acceptors (Lipinski definition) is 8. The Bertz CT molecular complexity index is 1290. The van der Waals surface area contributed by atoms with Crippen molar-refractivity contribution in [2.45, 2.75) is 4.90 Å². The van der Waals surface area contributed by atoms with Gasteiger partial charge in [-0.05, 0) is 41.6 Å². The normalized spacial score (nSPS) is 15.2. The maximum atomic E-state index is 13.0. The van der Waals surface area contributed by atoms with Crippen LogP contribution in [0, 0.1) is 15.9 Å². The molecule has 0 saturated carbocycles. The number of halogens is 1. The molecular weight excluding hydrogens is 477 g/mol. The minimum atomic E-state index is -3.81. The van der Waals surface area contributed by atoms with Gasteiger partial charge in [0.1, 0.15) is 5.82 Å². The maximum absolute atomic E-state index is 13.0. The molecule has 2 aromatic rings. The molecule has 3 rings (SSSR count). The van der Waals surface area contributed by atoms with Gasteiger partial charge in [0.25, 0.3) is 22.7 Å². The molecule has 0 radical (unpaired) electrons. The summed E-state index contributed by atoms with van der Waals surface area (Å²) < 4.78 is 36.5. The number of nitro groups is 1. The fourth-order valence-electron chi connectivity index (χ4n) is 2.82. The summed E-state index contributed by atoms with van der Waals surface area (Å²) in [5.74, 6) is -1.83. The minimum absolute atomic E-state index is 0.134. The number of nitro benzene ring substituents is 1. The predicted molar refractivity (Wildman–Crippen MR) is 118 cm³/mol. The van der Waals surface area contributed by atoms with Gasteiger partial charge in [0.05, 0.1) is 14.7 Å². The molecule has 13 heteroatoms. The SMILES string of the molecule is CS(=O)(=O)c1cc(C(=O)NCCN2C(=O)S/C(=C/c3ccc(F)cc3)C2=O)cc([N+](=O)[O-])c1. The lowest BCUT2D eigenvalue weighted by molar-refractivity contribution is -0.385. The average molecular weight is 493 g/mol. The first kappa shape index (κ1) is 24.1. The standard InChI is InChI=1S/C20H16FN3O7S2/c1-33(30,31)16-10-13(9-15(11-16)24(28)29)18(25)22-6-7-23-19(26)17(32-20(23)27)8-12-2-4-14(21)5-3-12/h2-5,8-11H,6-7H2,1H3,(H,22,25)/b17-8+. The Labute approximate surface area is 191 Å². The number of nitrogens with zero attached hydrogens (tertiary/aromatic N) is 2. The van der Waals surface area contributed by atoms with Crippen molar-refractivity contribution >= 4 is 50.4 Å². The Hall–Kier alpha value is -3.58. The van der Waals surface area contributed by atoms with Crippen LogP contribution in [0.3, 0.4) is 0 Å². The molecule has 1 heterocycles. The third kappa shape index (κ3) is 5.81. The van der Waals surface area contributed by atoms with E-state index in [1.807, 2.05) is 0 Å². The summed E-state index contributed by atoms with van der Waals surface area (Å²) in [5, 5.41) is 12.9. The summed E-state index contributed by atoms with van der Waals surface area (Å²) >= 11 is 0.696. The summed E-state index contributed by atoms with van der Waals surface area (Å²) in [4.78, 5) is 48.0. The van der Waals surface area contributed by atoms with Gasteiger partial charge in [-0.25, -0.2) is 12.8 Å². The number of carbonyl (C=O) groups is 3. The first-order valence-electron chi connectivity index (χ1n) is 9.24. The zero-order valence-electron chi connectivity index (χ0n) is 17.0. The number of sulfone groups is 1. The van der Waals surface area contributed by atoms with E-state index in [9.17, 15) is 37.3 Å². The van der Waals surface area contributed by atoms with E-state index in [4.69, 9.17) is 0 Å². The quantitative estimate of drug-likeness (QED) is 0.352. The first-order chi connectivity index (χ1) is 15.5. The molecule has 10 nitrogen and oxygen atoms in total. The van der Waals surface area contributed by atoms with Crippen LogP contribution in [-0.2, 0) is 14.6 Å². The van der Waals surface area contributed by atoms with Crippen molar-refractivity contribution in [3.8, 4) is 0 Å². The third-order valence-corrected chi connectivity index (χ3v) is 6.45. The molecule has 0 aliphatic carbocycles. The van der Waals surface area contributed by atoms with Gasteiger partial charge in [-0.2, -0.15) is 0 Å². The number of benzene rings is 2. The molecule has 0 spiro atoms. The van der Waals surface area contributed by atoms with Crippen LogP contribution in [0.1, 0.15) is 15.9 Å². The van der Waals surface area contributed by atoms with Crippen LogP contribution in [-0.4, -0.2) is 54.6 Å². The number of imide groups is 1. The van der Waals surface area contributed by atoms with Crippen molar-refractivity contribution in [1.29, 1.82) is 0 Å². The molecule has 0 bridgehead atoms. The van der Waals surface area contributed by atoms with Gasteiger partial charge >= 0.3 is 0 Å². The molecule has 1 aliphatic heterocycles. The molecule has 2 aromatic carbocycles. The van der Waals surface area contributed by atoms with Crippen molar-refractivity contribution < 1.29 is 32.1 Å². The van der Waals surface area contributed by atoms with Crippen LogP contribution in [0.2, 0.25) is 0 Å². The predicted octanol–water partition coefficient (Wildman–Crippen LogP) is 2.60. The molecule has 1 N–H and O–H groups in total. The van der Waals surface area contributed by atoms with Crippen LogP contribution in [0.25, 0.3) is 6.08 Å². The van der Waals surface area contributed by atoms with E-state index < -0.39 is 48.2 Å². The van der Waals surface area contributed by atoms with Gasteiger partial charge in [-0.3, -0.25) is 29.4 Å². The average Bonchev–Trinajstić information content (AvgIpc) is 3.01. The summed E-state index contributed by atoms with van der Waals surface area (Å²) in [6.45, 7) is -0.345. The highest BCUT2D eigenvalue weighted by molar-refractivity contribution is 8.18. The second-order valence-electron chi connectivity index (χ2n) is 6.89. The number of hydrogen-bond donors (Lipinski definition) is 1.